The molecular formula is C21H28N4O2. The van der Waals surface area contributed by atoms with Crippen molar-refractivity contribution in [1.82, 2.24) is 15.2 Å². The summed E-state index contributed by atoms with van der Waals surface area (Å²) >= 11 is 0. The number of rotatable bonds is 8. The van der Waals surface area contributed by atoms with Crippen LogP contribution in [0.5, 0.6) is 5.75 Å². The molecule has 144 valence electrons. The van der Waals surface area contributed by atoms with E-state index in [1.807, 2.05) is 47.5 Å². The van der Waals surface area contributed by atoms with E-state index in [1.54, 1.807) is 7.11 Å². The molecule has 2 heterocycles. The Morgan fingerprint density at radius 3 is 2.70 bits per heavy atom. The van der Waals surface area contributed by atoms with Gasteiger partial charge in [0.1, 0.15) is 11.6 Å². The van der Waals surface area contributed by atoms with Gasteiger partial charge < -0.3 is 19.9 Å². The molecule has 0 saturated carbocycles. The average Bonchev–Trinajstić information content (AvgIpc) is 2.74. The topological polar surface area (TPSA) is 57.7 Å². The number of carbonyl (C=O) groups excluding carboxylic acids is 1. The molecule has 6 heteroatoms. The van der Waals surface area contributed by atoms with Crippen molar-refractivity contribution in [3.8, 4) is 5.75 Å². The van der Waals surface area contributed by atoms with Crippen LogP contribution in [0.4, 0.5) is 5.82 Å². The molecule has 1 saturated heterocycles. The van der Waals surface area contributed by atoms with Crippen LogP contribution in [0.25, 0.3) is 0 Å². The Kier molecular flexibility index (Phi) is 7.04. The molecule has 0 aliphatic carbocycles. The number of ether oxygens (including phenoxy) is 1. The van der Waals surface area contributed by atoms with E-state index < -0.39 is 0 Å². The zero-order valence-corrected chi connectivity index (χ0v) is 15.9. The van der Waals surface area contributed by atoms with E-state index in [9.17, 15) is 4.79 Å². The summed E-state index contributed by atoms with van der Waals surface area (Å²) in [5, 5.41) is 3.37. The van der Waals surface area contributed by atoms with Crippen LogP contribution >= 0.6 is 0 Å². The lowest BCUT2D eigenvalue weighted by molar-refractivity contribution is -0.131. The molecule has 1 fully saturated rings. The van der Waals surface area contributed by atoms with Crippen LogP contribution in [-0.2, 0) is 11.2 Å². The first-order valence-electron chi connectivity index (χ1n) is 9.53. The normalized spacial score (nSPS) is 14.3. The highest BCUT2D eigenvalue weighted by atomic mass is 16.5. The van der Waals surface area contributed by atoms with E-state index in [1.165, 1.54) is 5.56 Å². The van der Waals surface area contributed by atoms with Crippen LogP contribution in [0.1, 0.15) is 12.0 Å². The Bertz CT molecular complexity index is 715. The van der Waals surface area contributed by atoms with E-state index >= 15 is 0 Å². The molecule has 1 aliphatic rings. The minimum atomic E-state index is 0.226. The molecule has 0 unspecified atom stereocenters. The van der Waals surface area contributed by atoms with Gasteiger partial charge in [-0.15, -0.1) is 0 Å². The largest absolute Gasteiger partial charge is 0.497 e. The number of amides is 1. The van der Waals surface area contributed by atoms with Crippen LogP contribution in [-0.4, -0.2) is 62.2 Å². The van der Waals surface area contributed by atoms with Gasteiger partial charge in [0.05, 0.1) is 7.11 Å². The first-order valence-corrected chi connectivity index (χ1v) is 9.53. The summed E-state index contributed by atoms with van der Waals surface area (Å²) in [5.74, 6) is 2.10. The number of hydrogen-bond acceptors (Lipinski definition) is 5. The molecule has 1 amide bonds. The fraction of sp³-hybridized carbons (Fsp3) is 0.429. The minimum absolute atomic E-state index is 0.226. The van der Waals surface area contributed by atoms with Crippen molar-refractivity contribution in [1.29, 1.82) is 0 Å². The number of piperazine rings is 1. The van der Waals surface area contributed by atoms with Crippen molar-refractivity contribution >= 4 is 11.7 Å². The van der Waals surface area contributed by atoms with Crippen LogP contribution < -0.4 is 15.0 Å². The Morgan fingerprint density at radius 2 is 1.96 bits per heavy atom. The second kappa shape index (κ2) is 9.92. The Labute approximate surface area is 161 Å². The molecule has 3 rings (SSSR count). The molecule has 2 aromatic rings. The van der Waals surface area contributed by atoms with E-state index in [4.69, 9.17) is 4.74 Å². The third-order valence-electron chi connectivity index (χ3n) is 4.85. The third-order valence-corrected chi connectivity index (χ3v) is 4.85. The summed E-state index contributed by atoms with van der Waals surface area (Å²) in [5.41, 5.74) is 1.24. The van der Waals surface area contributed by atoms with Gasteiger partial charge in [0.25, 0.3) is 0 Å². The Hall–Kier alpha value is -2.60. The molecule has 6 nitrogen and oxygen atoms in total. The first kappa shape index (κ1) is 19.2. The average molecular weight is 368 g/mol. The maximum atomic E-state index is 12.4. The summed E-state index contributed by atoms with van der Waals surface area (Å²) in [4.78, 5) is 21.0. The van der Waals surface area contributed by atoms with Crippen LogP contribution in [0, 0.1) is 0 Å². The smallest absolute Gasteiger partial charge is 0.223 e. The lowest BCUT2D eigenvalue weighted by Gasteiger charge is -2.35. The van der Waals surface area contributed by atoms with Gasteiger partial charge in [-0.3, -0.25) is 4.79 Å². The van der Waals surface area contributed by atoms with Crippen molar-refractivity contribution in [3.63, 3.8) is 0 Å². The summed E-state index contributed by atoms with van der Waals surface area (Å²) in [6.45, 7) is 4.77. The number of benzene rings is 1. The van der Waals surface area contributed by atoms with Crippen molar-refractivity contribution in [2.75, 3.05) is 51.3 Å². The van der Waals surface area contributed by atoms with E-state index in [2.05, 4.69) is 21.3 Å². The molecule has 1 aromatic heterocycles. The van der Waals surface area contributed by atoms with E-state index in [0.717, 1.165) is 50.7 Å². The summed E-state index contributed by atoms with van der Waals surface area (Å²) < 4.78 is 5.24. The van der Waals surface area contributed by atoms with Gasteiger partial charge in [-0.2, -0.15) is 0 Å². The van der Waals surface area contributed by atoms with Crippen molar-refractivity contribution < 1.29 is 9.53 Å². The molecule has 0 radical (unpaired) electrons. The lowest BCUT2D eigenvalue weighted by Crippen LogP contribution is -2.49. The fourth-order valence-corrected chi connectivity index (χ4v) is 3.26. The number of aromatic nitrogens is 1. The summed E-state index contributed by atoms with van der Waals surface area (Å²) in [6, 6.07) is 14.0. The zero-order chi connectivity index (χ0) is 18.9. The van der Waals surface area contributed by atoms with Gasteiger partial charge in [-0.1, -0.05) is 18.2 Å². The minimum Gasteiger partial charge on any atom is -0.497 e. The van der Waals surface area contributed by atoms with Crippen LogP contribution in [0.3, 0.4) is 0 Å². The van der Waals surface area contributed by atoms with Crippen molar-refractivity contribution in [2.45, 2.75) is 12.8 Å². The molecule has 0 spiro atoms. The monoisotopic (exact) mass is 368 g/mol. The number of pyridine rings is 1. The second-order valence-electron chi connectivity index (χ2n) is 6.66. The van der Waals surface area contributed by atoms with Gasteiger partial charge in [-0.25, -0.2) is 4.98 Å². The molecule has 0 bridgehead atoms. The molecule has 1 aromatic carbocycles. The number of anilines is 1. The molecular weight excluding hydrogens is 340 g/mol. The Balaban J connectivity index is 1.32. The summed E-state index contributed by atoms with van der Waals surface area (Å²) in [6.07, 6.45) is 3.28. The highest BCUT2D eigenvalue weighted by Crippen LogP contribution is 2.13. The maximum Gasteiger partial charge on any atom is 0.223 e. The second-order valence-corrected chi connectivity index (χ2v) is 6.66. The number of carbonyl (C=O) groups is 1. The van der Waals surface area contributed by atoms with Crippen LogP contribution in [0.15, 0.2) is 48.7 Å². The number of nitrogens with zero attached hydrogens (tertiary/aromatic N) is 3. The number of methoxy groups -OCH3 is 1. The quantitative estimate of drug-likeness (QED) is 0.722. The highest BCUT2D eigenvalue weighted by Gasteiger charge is 2.21. The standard InChI is InChI=1S/C21H28N4O2/c1-27-19-6-4-5-18(17-19)8-11-22-12-9-21(26)25-15-13-24(14-16-25)20-7-2-3-10-23-20/h2-7,10,17,22H,8-9,11-16H2,1H3. The predicted molar refractivity (Wildman–Crippen MR) is 107 cm³/mol. The lowest BCUT2D eigenvalue weighted by atomic mass is 10.1. The SMILES string of the molecule is COc1cccc(CCNCCC(=O)N2CCN(c3ccccn3)CC2)c1. The fourth-order valence-electron chi connectivity index (χ4n) is 3.26. The zero-order valence-electron chi connectivity index (χ0n) is 15.9. The summed E-state index contributed by atoms with van der Waals surface area (Å²) in [7, 11) is 1.68. The van der Waals surface area contributed by atoms with Gasteiger partial charge in [0.15, 0.2) is 0 Å². The molecule has 27 heavy (non-hydrogen) atoms. The number of hydrogen-bond donors (Lipinski definition) is 1. The van der Waals surface area contributed by atoms with Crippen molar-refractivity contribution in [3.05, 3.63) is 54.2 Å². The molecule has 1 aliphatic heterocycles. The molecule has 1 N–H and O–H groups in total. The third kappa shape index (κ3) is 5.69. The molecule has 0 atom stereocenters. The predicted octanol–water partition coefficient (Wildman–Crippen LogP) is 1.96. The maximum absolute atomic E-state index is 12.4. The van der Waals surface area contributed by atoms with Gasteiger partial charge >= 0.3 is 0 Å². The van der Waals surface area contributed by atoms with Gasteiger partial charge in [-0.05, 0) is 42.8 Å². The highest BCUT2D eigenvalue weighted by molar-refractivity contribution is 5.76. The van der Waals surface area contributed by atoms with Gasteiger partial charge in [0, 0.05) is 45.3 Å². The van der Waals surface area contributed by atoms with E-state index in [0.29, 0.717) is 13.0 Å². The van der Waals surface area contributed by atoms with Gasteiger partial charge in [0.2, 0.25) is 5.91 Å². The van der Waals surface area contributed by atoms with Crippen LogP contribution in [0.2, 0.25) is 0 Å². The number of nitrogens with one attached hydrogen (secondary N) is 1. The first-order chi connectivity index (χ1) is 13.3. The van der Waals surface area contributed by atoms with Crippen molar-refractivity contribution in [2.24, 2.45) is 0 Å². The Morgan fingerprint density at radius 1 is 1.11 bits per heavy atom. The van der Waals surface area contributed by atoms with E-state index in [-0.39, 0.29) is 5.91 Å².